The van der Waals surface area contributed by atoms with Gasteiger partial charge in [0, 0.05) is 17.4 Å². The number of thioether (sulfide) groups is 2. The number of rotatable bonds is 8. The van der Waals surface area contributed by atoms with Crippen LogP contribution in [0, 0.1) is 6.92 Å². The van der Waals surface area contributed by atoms with Crippen molar-refractivity contribution in [3.05, 3.63) is 59.2 Å². The van der Waals surface area contributed by atoms with Crippen LogP contribution >= 0.6 is 34.9 Å². The average Bonchev–Trinajstić information content (AvgIpc) is 3.15. The van der Waals surface area contributed by atoms with Gasteiger partial charge >= 0.3 is 0 Å². The van der Waals surface area contributed by atoms with Gasteiger partial charge in [-0.3, -0.25) is 4.79 Å². The lowest BCUT2D eigenvalue weighted by atomic mass is 10.2. The molecule has 0 unspecified atom stereocenters. The third kappa shape index (κ3) is 6.77. The van der Waals surface area contributed by atoms with Crippen LogP contribution in [0.4, 0.5) is 0 Å². The number of phenolic OH excluding ortho intramolecular Hbond substituents is 2. The van der Waals surface area contributed by atoms with Crippen LogP contribution in [0.1, 0.15) is 16.7 Å². The SMILES string of the molecule is Cc1ccc(CSc2nnc(SCC(=O)NN=Cc3ccc(O)cc3O)s2)cc1. The number of hydrogen-bond acceptors (Lipinski definition) is 9. The van der Waals surface area contributed by atoms with Crippen molar-refractivity contribution >= 4 is 47.0 Å². The third-order valence-electron chi connectivity index (χ3n) is 3.60. The Hall–Kier alpha value is -2.56. The molecule has 3 rings (SSSR count). The summed E-state index contributed by atoms with van der Waals surface area (Å²) in [5, 5.41) is 30.9. The maximum absolute atomic E-state index is 11.9. The molecule has 3 aromatic rings. The van der Waals surface area contributed by atoms with Gasteiger partial charge in [0.25, 0.3) is 5.91 Å². The predicted octanol–water partition coefficient (Wildman–Crippen LogP) is 3.79. The first-order valence-corrected chi connectivity index (χ1v) is 11.3. The molecule has 0 aliphatic heterocycles. The Bertz CT molecular complexity index is 1010. The van der Waals surface area contributed by atoms with Crippen LogP contribution in [0.25, 0.3) is 0 Å². The Kier molecular flexibility index (Phi) is 7.50. The van der Waals surface area contributed by atoms with E-state index in [0.29, 0.717) is 9.90 Å². The van der Waals surface area contributed by atoms with E-state index in [4.69, 9.17) is 0 Å². The first kappa shape index (κ1) is 21.2. The molecular formula is C19H18N4O3S3. The van der Waals surface area contributed by atoms with E-state index in [0.717, 1.165) is 10.1 Å². The zero-order chi connectivity index (χ0) is 20.6. The number of aromatic nitrogens is 2. The lowest BCUT2D eigenvalue weighted by molar-refractivity contribution is -0.118. The number of phenols is 2. The van der Waals surface area contributed by atoms with E-state index in [1.807, 2.05) is 0 Å². The van der Waals surface area contributed by atoms with Gasteiger partial charge in [0.2, 0.25) is 0 Å². The summed E-state index contributed by atoms with van der Waals surface area (Å²) in [5.41, 5.74) is 5.23. The highest BCUT2D eigenvalue weighted by Crippen LogP contribution is 2.30. The second kappa shape index (κ2) is 10.3. The van der Waals surface area contributed by atoms with Gasteiger partial charge in [-0.25, -0.2) is 5.43 Å². The molecule has 0 atom stereocenters. The molecule has 1 heterocycles. The lowest BCUT2D eigenvalue weighted by Crippen LogP contribution is -2.19. The van der Waals surface area contributed by atoms with E-state index in [9.17, 15) is 15.0 Å². The fraction of sp³-hybridized carbons (Fsp3) is 0.158. The Labute approximate surface area is 180 Å². The van der Waals surface area contributed by atoms with Crippen molar-refractivity contribution in [2.45, 2.75) is 21.4 Å². The molecule has 0 saturated heterocycles. The molecule has 0 saturated carbocycles. The highest BCUT2D eigenvalue weighted by molar-refractivity contribution is 8.03. The van der Waals surface area contributed by atoms with Crippen LogP contribution in [0.2, 0.25) is 0 Å². The van der Waals surface area contributed by atoms with Crippen molar-refractivity contribution < 1.29 is 15.0 Å². The Morgan fingerprint density at radius 1 is 1.14 bits per heavy atom. The Balaban J connectivity index is 1.42. The number of amides is 1. The number of aromatic hydroxyl groups is 2. The number of aryl methyl sites for hydroxylation is 1. The minimum absolute atomic E-state index is 0.0476. The summed E-state index contributed by atoms with van der Waals surface area (Å²) in [6.45, 7) is 2.06. The number of nitrogens with one attached hydrogen (secondary N) is 1. The lowest BCUT2D eigenvalue weighted by Gasteiger charge is -2.00. The van der Waals surface area contributed by atoms with Crippen LogP contribution < -0.4 is 5.43 Å². The molecule has 1 amide bonds. The molecule has 7 nitrogen and oxygen atoms in total. The maximum Gasteiger partial charge on any atom is 0.250 e. The monoisotopic (exact) mass is 446 g/mol. The fourth-order valence-corrected chi connectivity index (χ4v) is 4.89. The standard InChI is InChI=1S/C19H18N4O3S3/c1-12-2-4-13(5-3-12)10-27-18-22-23-19(29-18)28-11-17(26)21-20-9-14-6-7-15(24)8-16(14)25/h2-9,24-25H,10-11H2,1H3,(H,21,26). The highest BCUT2D eigenvalue weighted by Gasteiger charge is 2.09. The summed E-state index contributed by atoms with van der Waals surface area (Å²) in [6.07, 6.45) is 1.31. The average molecular weight is 447 g/mol. The van der Waals surface area contributed by atoms with Crippen LogP contribution in [-0.2, 0) is 10.5 Å². The van der Waals surface area contributed by atoms with Crippen molar-refractivity contribution in [2.75, 3.05) is 5.75 Å². The molecule has 0 aliphatic rings. The summed E-state index contributed by atoms with van der Waals surface area (Å²) in [4.78, 5) is 11.9. The molecule has 150 valence electrons. The van der Waals surface area contributed by atoms with Gasteiger partial charge in [0.15, 0.2) is 8.68 Å². The molecule has 10 heteroatoms. The second-order valence-electron chi connectivity index (χ2n) is 5.93. The van der Waals surface area contributed by atoms with Gasteiger partial charge in [0.05, 0.1) is 12.0 Å². The van der Waals surface area contributed by atoms with Crippen molar-refractivity contribution in [3.8, 4) is 11.5 Å². The molecule has 1 aromatic heterocycles. The molecule has 0 radical (unpaired) electrons. The second-order valence-corrected chi connectivity index (χ2v) is 9.36. The van der Waals surface area contributed by atoms with Gasteiger partial charge in [-0.15, -0.1) is 10.2 Å². The molecule has 0 bridgehead atoms. The number of hydrazone groups is 1. The molecule has 0 spiro atoms. The normalized spacial score (nSPS) is 11.1. The predicted molar refractivity (Wildman–Crippen MR) is 117 cm³/mol. The van der Waals surface area contributed by atoms with E-state index >= 15 is 0 Å². The van der Waals surface area contributed by atoms with E-state index < -0.39 is 0 Å². The van der Waals surface area contributed by atoms with E-state index in [2.05, 4.69) is 51.9 Å². The number of benzene rings is 2. The fourth-order valence-electron chi connectivity index (χ4n) is 2.12. The third-order valence-corrected chi connectivity index (χ3v) is 6.87. The van der Waals surface area contributed by atoms with Crippen LogP contribution in [-0.4, -0.2) is 38.3 Å². The summed E-state index contributed by atoms with van der Waals surface area (Å²) in [5.74, 6) is 0.499. The summed E-state index contributed by atoms with van der Waals surface area (Å²) in [7, 11) is 0. The van der Waals surface area contributed by atoms with E-state index in [-0.39, 0.29) is 23.2 Å². The molecule has 0 fully saturated rings. The van der Waals surface area contributed by atoms with Crippen LogP contribution in [0.5, 0.6) is 11.5 Å². The van der Waals surface area contributed by atoms with Gasteiger partial charge < -0.3 is 10.2 Å². The number of carbonyl (C=O) groups excluding carboxylic acids is 1. The van der Waals surface area contributed by atoms with E-state index in [1.165, 1.54) is 58.6 Å². The zero-order valence-electron chi connectivity index (χ0n) is 15.4. The van der Waals surface area contributed by atoms with Gasteiger partial charge in [-0.05, 0) is 24.6 Å². The first-order valence-electron chi connectivity index (χ1n) is 8.48. The van der Waals surface area contributed by atoms with Crippen LogP contribution in [0.15, 0.2) is 56.2 Å². The molecular weight excluding hydrogens is 428 g/mol. The van der Waals surface area contributed by atoms with Crippen LogP contribution in [0.3, 0.4) is 0 Å². The number of nitrogens with zero attached hydrogens (tertiary/aromatic N) is 3. The minimum atomic E-state index is -0.298. The molecule has 3 N–H and O–H groups in total. The quantitative estimate of drug-likeness (QED) is 0.274. The summed E-state index contributed by atoms with van der Waals surface area (Å²) >= 11 is 4.35. The van der Waals surface area contributed by atoms with E-state index in [1.54, 1.807) is 11.8 Å². The topological polar surface area (TPSA) is 108 Å². The smallest absolute Gasteiger partial charge is 0.250 e. The van der Waals surface area contributed by atoms with Crippen molar-refractivity contribution in [2.24, 2.45) is 5.10 Å². The first-order chi connectivity index (χ1) is 14.0. The van der Waals surface area contributed by atoms with Crippen molar-refractivity contribution in [3.63, 3.8) is 0 Å². The molecule has 0 aliphatic carbocycles. The summed E-state index contributed by atoms with van der Waals surface area (Å²) in [6, 6.07) is 12.5. The molecule has 2 aromatic carbocycles. The maximum atomic E-state index is 11.9. The zero-order valence-corrected chi connectivity index (χ0v) is 17.9. The number of carbonyl (C=O) groups is 1. The van der Waals surface area contributed by atoms with Crippen molar-refractivity contribution in [1.82, 2.24) is 15.6 Å². The number of hydrogen-bond donors (Lipinski definition) is 3. The molecule has 29 heavy (non-hydrogen) atoms. The van der Waals surface area contributed by atoms with Gasteiger partial charge in [-0.2, -0.15) is 5.10 Å². The van der Waals surface area contributed by atoms with Gasteiger partial charge in [-0.1, -0.05) is 64.7 Å². The summed E-state index contributed by atoms with van der Waals surface area (Å²) < 4.78 is 1.57. The van der Waals surface area contributed by atoms with Crippen molar-refractivity contribution in [1.29, 1.82) is 0 Å². The Morgan fingerprint density at radius 2 is 1.86 bits per heavy atom. The largest absolute Gasteiger partial charge is 0.508 e. The Morgan fingerprint density at radius 3 is 2.59 bits per heavy atom. The van der Waals surface area contributed by atoms with Gasteiger partial charge in [0.1, 0.15) is 11.5 Å². The highest BCUT2D eigenvalue weighted by atomic mass is 32.2. The minimum Gasteiger partial charge on any atom is -0.508 e.